The number of carbonyl (C=O) groups excluding carboxylic acids is 1. The third-order valence-corrected chi connectivity index (χ3v) is 3.06. The number of benzene rings is 1. The Bertz CT molecular complexity index is 351. The van der Waals surface area contributed by atoms with Crippen molar-refractivity contribution in [2.75, 3.05) is 13.1 Å². The van der Waals surface area contributed by atoms with Crippen molar-refractivity contribution < 1.29 is 4.79 Å². The van der Waals surface area contributed by atoms with Gasteiger partial charge >= 0.3 is 0 Å². The molecule has 0 spiro atoms. The molecule has 1 rings (SSSR count). The first-order valence-corrected chi connectivity index (χ1v) is 6.75. The predicted molar refractivity (Wildman–Crippen MR) is 75.6 cm³/mol. The summed E-state index contributed by atoms with van der Waals surface area (Å²) in [6.07, 6.45) is 0.825. The normalized spacial score (nSPS) is 13.9. The van der Waals surface area contributed by atoms with Gasteiger partial charge in [-0.25, -0.2) is 0 Å². The van der Waals surface area contributed by atoms with Crippen LogP contribution in [0.25, 0.3) is 0 Å². The minimum Gasteiger partial charge on any atom is -0.354 e. The zero-order chi connectivity index (χ0) is 13.4. The van der Waals surface area contributed by atoms with Gasteiger partial charge in [0.1, 0.15) is 0 Å². The number of amides is 1. The molecule has 1 aromatic rings. The van der Waals surface area contributed by atoms with Crippen molar-refractivity contribution in [3.8, 4) is 0 Å². The number of likely N-dealkylation sites (N-methyl/N-ethyl adjacent to an activating group) is 1. The highest BCUT2D eigenvalue weighted by Gasteiger charge is 2.18. The molecule has 1 amide bonds. The highest BCUT2D eigenvalue weighted by atomic mass is 16.1. The number of rotatable bonds is 7. The Balaban J connectivity index is 2.53. The first kappa shape index (κ1) is 14.7. The molecule has 1 unspecified atom stereocenters. The molecule has 18 heavy (non-hydrogen) atoms. The fourth-order valence-corrected chi connectivity index (χ4v) is 2.06. The molecule has 100 valence electrons. The smallest absolute Gasteiger partial charge is 0.227 e. The summed E-state index contributed by atoms with van der Waals surface area (Å²) in [6.45, 7) is 7.79. The van der Waals surface area contributed by atoms with E-state index < -0.39 is 0 Å². The van der Waals surface area contributed by atoms with Crippen LogP contribution >= 0.6 is 0 Å². The standard InChI is InChI=1S/C15H24N2O/c1-4-14(13-9-7-6-8-10-13)15(18)17-11-12(3)16-5-2/h6-10,12,14,16H,4-5,11H2,1-3H3,(H,17,18)/t12-,14?/m1/s1. The van der Waals surface area contributed by atoms with Gasteiger partial charge in [0.05, 0.1) is 5.92 Å². The molecule has 0 radical (unpaired) electrons. The molecule has 2 N–H and O–H groups in total. The van der Waals surface area contributed by atoms with Crippen molar-refractivity contribution in [3.63, 3.8) is 0 Å². The maximum absolute atomic E-state index is 12.1. The molecule has 0 aliphatic heterocycles. The zero-order valence-electron chi connectivity index (χ0n) is 11.6. The summed E-state index contributed by atoms with van der Waals surface area (Å²) in [7, 11) is 0. The van der Waals surface area contributed by atoms with Gasteiger partial charge in [-0.1, -0.05) is 44.2 Å². The fraction of sp³-hybridized carbons (Fsp3) is 0.533. The van der Waals surface area contributed by atoms with Crippen molar-refractivity contribution in [1.29, 1.82) is 0 Å². The lowest BCUT2D eigenvalue weighted by Gasteiger charge is -2.18. The van der Waals surface area contributed by atoms with Gasteiger partial charge in [0.25, 0.3) is 0 Å². The van der Waals surface area contributed by atoms with Crippen LogP contribution in [0.2, 0.25) is 0 Å². The summed E-state index contributed by atoms with van der Waals surface area (Å²) in [5.41, 5.74) is 1.09. The fourth-order valence-electron chi connectivity index (χ4n) is 2.06. The van der Waals surface area contributed by atoms with Crippen LogP contribution in [0.5, 0.6) is 0 Å². The van der Waals surface area contributed by atoms with Gasteiger partial charge < -0.3 is 10.6 Å². The van der Waals surface area contributed by atoms with E-state index in [0.29, 0.717) is 12.6 Å². The summed E-state index contributed by atoms with van der Waals surface area (Å²) in [5.74, 6) is 0.0773. The van der Waals surface area contributed by atoms with Gasteiger partial charge in [-0.15, -0.1) is 0 Å². The molecule has 0 aromatic heterocycles. The van der Waals surface area contributed by atoms with E-state index in [9.17, 15) is 4.79 Å². The highest BCUT2D eigenvalue weighted by molar-refractivity contribution is 5.83. The molecule has 0 heterocycles. The van der Waals surface area contributed by atoms with Crippen molar-refractivity contribution in [2.45, 2.75) is 39.2 Å². The summed E-state index contributed by atoms with van der Waals surface area (Å²) < 4.78 is 0. The van der Waals surface area contributed by atoms with Gasteiger partial charge in [-0.3, -0.25) is 4.79 Å². The molecule has 0 aliphatic rings. The van der Waals surface area contributed by atoms with E-state index in [4.69, 9.17) is 0 Å². The minimum absolute atomic E-state index is 0.0416. The van der Waals surface area contributed by atoms with Gasteiger partial charge in [-0.05, 0) is 25.5 Å². The molecule has 0 fully saturated rings. The molecular weight excluding hydrogens is 224 g/mol. The molecule has 0 saturated heterocycles. The Morgan fingerprint density at radius 1 is 1.22 bits per heavy atom. The van der Waals surface area contributed by atoms with Crippen LogP contribution in [0.15, 0.2) is 30.3 Å². The zero-order valence-corrected chi connectivity index (χ0v) is 11.6. The third kappa shape index (κ3) is 4.49. The Hall–Kier alpha value is -1.35. The van der Waals surface area contributed by atoms with Crippen molar-refractivity contribution >= 4 is 5.91 Å². The van der Waals surface area contributed by atoms with Gasteiger partial charge in [0.15, 0.2) is 0 Å². The highest BCUT2D eigenvalue weighted by Crippen LogP contribution is 2.18. The Morgan fingerprint density at radius 3 is 2.44 bits per heavy atom. The van der Waals surface area contributed by atoms with E-state index in [-0.39, 0.29) is 11.8 Å². The Morgan fingerprint density at radius 2 is 1.89 bits per heavy atom. The number of hydrogen-bond acceptors (Lipinski definition) is 2. The quantitative estimate of drug-likeness (QED) is 0.777. The van der Waals surface area contributed by atoms with E-state index in [0.717, 1.165) is 18.5 Å². The number of hydrogen-bond donors (Lipinski definition) is 2. The summed E-state index contributed by atoms with van der Waals surface area (Å²) in [6, 6.07) is 10.3. The lowest BCUT2D eigenvalue weighted by atomic mass is 9.95. The summed E-state index contributed by atoms with van der Waals surface area (Å²) in [4.78, 5) is 12.1. The van der Waals surface area contributed by atoms with E-state index in [1.165, 1.54) is 0 Å². The maximum atomic E-state index is 12.1. The topological polar surface area (TPSA) is 41.1 Å². The van der Waals surface area contributed by atoms with Crippen LogP contribution in [0.1, 0.15) is 38.7 Å². The van der Waals surface area contributed by atoms with Crippen LogP contribution in [0.3, 0.4) is 0 Å². The SMILES string of the molecule is CCN[C@H](C)CNC(=O)C(CC)c1ccccc1. The average molecular weight is 248 g/mol. The van der Waals surface area contributed by atoms with Crippen molar-refractivity contribution in [2.24, 2.45) is 0 Å². The first-order valence-electron chi connectivity index (χ1n) is 6.75. The molecule has 0 saturated carbocycles. The Kier molecular flexibility index (Phi) is 6.44. The van der Waals surface area contributed by atoms with E-state index >= 15 is 0 Å². The van der Waals surface area contributed by atoms with E-state index in [2.05, 4.69) is 24.5 Å². The summed E-state index contributed by atoms with van der Waals surface area (Å²) >= 11 is 0. The number of nitrogens with one attached hydrogen (secondary N) is 2. The van der Waals surface area contributed by atoms with Crippen LogP contribution in [0.4, 0.5) is 0 Å². The third-order valence-electron chi connectivity index (χ3n) is 3.06. The molecule has 1 aromatic carbocycles. The molecule has 2 atom stereocenters. The largest absolute Gasteiger partial charge is 0.354 e. The van der Waals surface area contributed by atoms with Gasteiger partial charge in [0, 0.05) is 12.6 Å². The second kappa shape index (κ2) is 7.88. The lowest BCUT2D eigenvalue weighted by molar-refractivity contribution is -0.122. The van der Waals surface area contributed by atoms with Crippen LogP contribution < -0.4 is 10.6 Å². The van der Waals surface area contributed by atoms with Gasteiger partial charge in [0.2, 0.25) is 5.91 Å². The molecule has 0 bridgehead atoms. The molecule has 0 aliphatic carbocycles. The second-order valence-corrected chi connectivity index (χ2v) is 4.58. The van der Waals surface area contributed by atoms with Crippen molar-refractivity contribution in [3.05, 3.63) is 35.9 Å². The predicted octanol–water partition coefficient (Wildman–Crippen LogP) is 2.29. The molecular formula is C15H24N2O. The van der Waals surface area contributed by atoms with Gasteiger partial charge in [-0.2, -0.15) is 0 Å². The van der Waals surface area contributed by atoms with Crippen LogP contribution in [-0.4, -0.2) is 25.0 Å². The Labute approximate surface area is 110 Å². The van der Waals surface area contributed by atoms with Crippen LogP contribution in [-0.2, 0) is 4.79 Å². The maximum Gasteiger partial charge on any atom is 0.227 e. The number of carbonyl (C=O) groups is 1. The second-order valence-electron chi connectivity index (χ2n) is 4.58. The van der Waals surface area contributed by atoms with Crippen molar-refractivity contribution in [1.82, 2.24) is 10.6 Å². The monoisotopic (exact) mass is 248 g/mol. The van der Waals surface area contributed by atoms with E-state index in [1.807, 2.05) is 37.3 Å². The van der Waals surface area contributed by atoms with Crippen LogP contribution in [0, 0.1) is 0 Å². The summed E-state index contributed by atoms with van der Waals surface area (Å²) in [5, 5.41) is 6.30. The first-order chi connectivity index (χ1) is 8.69. The molecule has 3 heteroatoms. The average Bonchev–Trinajstić information content (AvgIpc) is 2.39. The lowest BCUT2D eigenvalue weighted by Crippen LogP contribution is -2.40. The molecule has 3 nitrogen and oxygen atoms in total. The minimum atomic E-state index is -0.0416. The van der Waals surface area contributed by atoms with E-state index in [1.54, 1.807) is 0 Å².